The van der Waals surface area contributed by atoms with Gasteiger partial charge in [-0.3, -0.25) is 4.79 Å². The molecule has 0 radical (unpaired) electrons. The molecule has 2 N–H and O–H groups in total. The fourth-order valence-corrected chi connectivity index (χ4v) is 4.26. The number of nitrogens with zero attached hydrogens (tertiary/aromatic N) is 1. The van der Waals surface area contributed by atoms with Gasteiger partial charge in [0, 0.05) is 4.88 Å². The first kappa shape index (κ1) is 17.5. The van der Waals surface area contributed by atoms with Crippen LogP contribution in [-0.2, 0) is 17.6 Å². The third-order valence-corrected chi connectivity index (χ3v) is 5.50. The van der Waals surface area contributed by atoms with E-state index in [1.165, 1.54) is 4.88 Å². The number of benzene rings is 1. The second-order valence-electron chi connectivity index (χ2n) is 6.27. The maximum atomic E-state index is 12.3. The number of para-hydroxylation sites is 1. The molecule has 5 nitrogen and oxygen atoms in total. The monoisotopic (exact) mass is 356 g/mol. The molecule has 0 saturated heterocycles. The van der Waals surface area contributed by atoms with E-state index in [4.69, 9.17) is 4.74 Å². The van der Waals surface area contributed by atoms with Crippen molar-refractivity contribution >= 4 is 22.2 Å². The lowest BCUT2D eigenvalue weighted by atomic mass is 10.1. The summed E-state index contributed by atoms with van der Waals surface area (Å²) in [5.74, 6) is 0.778. The number of hydrogen-bond acceptors (Lipinski definition) is 4. The number of aryl methyl sites for hydroxylation is 1. The molecule has 3 rings (SSSR count). The molecule has 0 spiro atoms. The minimum atomic E-state index is -0.0614. The van der Waals surface area contributed by atoms with Crippen molar-refractivity contribution in [3.8, 4) is 11.8 Å². The number of thiophene rings is 1. The Hall–Kier alpha value is -2.36. The summed E-state index contributed by atoms with van der Waals surface area (Å²) >= 11 is 1.56. The lowest BCUT2D eigenvalue weighted by Gasteiger charge is -2.14. The Bertz CT molecular complexity index is 780. The van der Waals surface area contributed by atoms with E-state index in [9.17, 15) is 10.1 Å². The SMILES string of the molecule is C[NH+](CCOc1ccccc1)CC(=O)Nc1sc2c(c1C#N)CCC2. The molecule has 1 aromatic heterocycles. The highest BCUT2D eigenvalue weighted by Gasteiger charge is 2.23. The molecule has 1 amide bonds. The second kappa shape index (κ2) is 8.15. The second-order valence-corrected chi connectivity index (χ2v) is 7.37. The molecular weight excluding hydrogens is 334 g/mol. The number of anilines is 1. The van der Waals surface area contributed by atoms with Crippen LogP contribution >= 0.6 is 11.3 Å². The zero-order chi connectivity index (χ0) is 17.6. The summed E-state index contributed by atoms with van der Waals surface area (Å²) in [5.41, 5.74) is 1.80. The van der Waals surface area contributed by atoms with Crippen molar-refractivity contribution in [3.05, 3.63) is 46.3 Å². The normalized spacial score (nSPS) is 13.8. The van der Waals surface area contributed by atoms with Gasteiger partial charge in [0.05, 0.1) is 12.6 Å². The maximum Gasteiger partial charge on any atom is 0.280 e. The van der Waals surface area contributed by atoms with E-state index in [0.717, 1.165) is 42.0 Å². The summed E-state index contributed by atoms with van der Waals surface area (Å²) < 4.78 is 5.66. The number of nitrogens with one attached hydrogen (secondary N) is 2. The first-order valence-electron chi connectivity index (χ1n) is 8.51. The number of quaternary nitrogens is 1. The van der Waals surface area contributed by atoms with Crippen LogP contribution in [0.5, 0.6) is 5.75 Å². The van der Waals surface area contributed by atoms with Crippen LogP contribution in [0.2, 0.25) is 0 Å². The van der Waals surface area contributed by atoms with E-state index in [2.05, 4.69) is 11.4 Å². The van der Waals surface area contributed by atoms with Crippen LogP contribution in [0.1, 0.15) is 22.4 Å². The molecule has 0 bridgehead atoms. The van der Waals surface area contributed by atoms with Gasteiger partial charge in [-0.25, -0.2) is 0 Å². The summed E-state index contributed by atoms with van der Waals surface area (Å²) in [4.78, 5) is 14.6. The first-order valence-corrected chi connectivity index (χ1v) is 9.32. The Morgan fingerprint density at radius 1 is 1.36 bits per heavy atom. The third-order valence-electron chi connectivity index (χ3n) is 4.29. The van der Waals surface area contributed by atoms with Gasteiger partial charge in [-0.1, -0.05) is 18.2 Å². The number of likely N-dealkylation sites (N-methyl/N-ethyl adjacent to an activating group) is 1. The highest BCUT2D eigenvalue weighted by atomic mass is 32.1. The number of rotatable bonds is 7. The number of hydrogen-bond donors (Lipinski definition) is 2. The van der Waals surface area contributed by atoms with Gasteiger partial charge in [-0.15, -0.1) is 11.3 Å². The summed E-state index contributed by atoms with van der Waals surface area (Å²) in [5, 5.41) is 13.0. The summed E-state index contributed by atoms with van der Waals surface area (Å²) in [6.45, 7) is 1.64. The molecule has 1 aromatic carbocycles. The van der Waals surface area contributed by atoms with E-state index in [1.54, 1.807) is 11.3 Å². The lowest BCUT2D eigenvalue weighted by Crippen LogP contribution is -3.10. The van der Waals surface area contributed by atoms with E-state index in [0.29, 0.717) is 23.7 Å². The van der Waals surface area contributed by atoms with Gasteiger partial charge < -0.3 is 15.0 Å². The number of carbonyl (C=O) groups is 1. The van der Waals surface area contributed by atoms with E-state index >= 15 is 0 Å². The standard InChI is InChI=1S/C19H21N3O2S/c1-22(10-11-24-14-6-3-2-4-7-14)13-18(23)21-19-16(12-20)15-8-5-9-17(15)25-19/h2-4,6-7H,5,8-11,13H2,1H3,(H,21,23)/p+1. The molecule has 1 aliphatic rings. The van der Waals surface area contributed by atoms with Crippen molar-refractivity contribution in [3.63, 3.8) is 0 Å². The van der Waals surface area contributed by atoms with E-state index in [-0.39, 0.29) is 5.91 Å². The van der Waals surface area contributed by atoms with Crippen LogP contribution in [0.3, 0.4) is 0 Å². The molecule has 25 heavy (non-hydrogen) atoms. The summed E-state index contributed by atoms with van der Waals surface area (Å²) in [7, 11) is 1.97. The third kappa shape index (κ3) is 4.38. The van der Waals surface area contributed by atoms with E-state index < -0.39 is 0 Å². The zero-order valence-corrected chi connectivity index (χ0v) is 15.1. The summed E-state index contributed by atoms with van der Waals surface area (Å²) in [6.07, 6.45) is 3.08. The molecule has 6 heteroatoms. The van der Waals surface area contributed by atoms with Crippen molar-refractivity contribution in [2.75, 3.05) is 32.1 Å². The van der Waals surface area contributed by atoms with Crippen LogP contribution in [0.25, 0.3) is 0 Å². The molecule has 0 aliphatic heterocycles. The van der Waals surface area contributed by atoms with Crippen molar-refractivity contribution in [2.45, 2.75) is 19.3 Å². The van der Waals surface area contributed by atoms with Crippen LogP contribution in [0, 0.1) is 11.3 Å². The quantitative estimate of drug-likeness (QED) is 0.793. The molecule has 0 fully saturated rings. The molecule has 1 atom stereocenters. The number of amides is 1. The highest BCUT2D eigenvalue weighted by Crippen LogP contribution is 2.38. The largest absolute Gasteiger partial charge is 0.488 e. The maximum absolute atomic E-state index is 12.3. The Balaban J connectivity index is 1.47. The van der Waals surface area contributed by atoms with Gasteiger partial charge in [-0.2, -0.15) is 5.26 Å². The predicted octanol–water partition coefficient (Wildman–Crippen LogP) is 1.64. The van der Waals surface area contributed by atoms with Crippen LogP contribution < -0.4 is 15.0 Å². The van der Waals surface area contributed by atoms with Gasteiger partial charge in [0.15, 0.2) is 6.54 Å². The van der Waals surface area contributed by atoms with Crippen LogP contribution in [0.4, 0.5) is 5.00 Å². The van der Waals surface area contributed by atoms with Gasteiger partial charge in [0.25, 0.3) is 5.91 Å². The number of ether oxygens (including phenoxy) is 1. The average Bonchev–Trinajstić information content (AvgIpc) is 3.16. The van der Waals surface area contributed by atoms with Gasteiger partial charge in [-0.05, 0) is 37.0 Å². The molecule has 2 aromatic rings. The van der Waals surface area contributed by atoms with Crippen molar-refractivity contribution in [1.29, 1.82) is 5.26 Å². The predicted molar refractivity (Wildman–Crippen MR) is 98.2 cm³/mol. The molecule has 130 valence electrons. The summed E-state index contributed by atoms with van der Waals surface area (Å²) in [6, 6.07) is 11.9. The van der Waals surface area contributed by atoms with Crippen molar-refractivity contribution in [2.24, 2.45) is 0 Å². The Morgan fingerprint density at radius 2 is 2.16 bits per heavy atom. The van der Waals surface area contributed by atoms with Gasteiger partial charge >= 0.3 is 0 Å². The highest BCUT2D eigenvalue weighted by molar-refractivity contribution is 7.16. The Labute approximate surface area is 151 Å². The average molecular weight is 356 g/mol. The van der Waals surface area contributed by atoms with Crippen molar-refractivity contribution in [1.82, 2.24) is 0 Å². The van der Waals surface area contributed by atoms with Crippen molar-refractivity contribution < 1.29 is 14.4 Å². The minimum absolute atomic E-state index is 0.0614. The fraction of sp³-hybridized carbons (Fsp3) is 0.368. The number of carbonyl (C=O) groups excluding carboxylic acids is 1. The molecule has 0 saturated carbocycles. The number of nitriles is 1. The topological polar surface area (TPSA) is 66.6 Å². The smallest absolute Gasteiger partial charge is 0.280 e. The lowest BCUT2D eigenvalue weighted by molar-refractivity contribution is -0.871. The molecule has 1 unspecified atom stereocenters. The minimum Gasteiger partial charge on any atom is -0.488 e. The van der Waals surface area contributed by atoms with Gasteiger partial charge in [0.2, 0.25) is 0 Å². The molecule has 1 heterocycles. The molecular formula is C19H22N3O2S+. The first-order chi connectivity index (χ1) is 12.2. The Morgan fingerprint density at radius 3 is 2.92 bits per heavy atom. The van der Waals surface area contributed by atoms with Crippen LogP contribution in [0.15, 0.2) is 30.3 Å². The van der Waals surface area contributed by atoms with Crippen LogP contribution in [-0.4, -0.2) is 32.7 Å². The fourth-order valence-electron chi connectivity index (χ4n) is 3.00. The Kier molecular flexibility index (Phi) is 5.69. The number of fused-ring (bicyclic) bond motifs is 1. The van der Waals surface area contributed by atoms with E-state index in [1.807, 2.05) is 37.4 Å². The van der Waals surface area contributed by atoms with Gasteiger partial charge in [0.1, 0.15) is 30.0 Å². The molecule has 1 aliphatic carbocycles. The zero-order valence-electron chi connectivity index (χ0n) is 14.3.